The molecule has 56 valence electrons. The summed E-state index contributed by atoms with van der Waals surface area (Å²) in [5.41, 5.74) is 1.66. The predicted molar refractivity (Wildman–Crippen MR) is 41.5 cm³/mol. The van der Waals surface area contributed by atoms with Crippen LogP contribution in [0.4, 0.5) is 0 Å². The van der Waals surface area contributed by atoms with Crippen LogP contribution in [0.15, 0.2) is 35.7 Å². The molecule has 2 aliphatic rings. The van der Waals surface area contributed by atoms with E-state index in [2.05, 4.69) is 10.6 Å². The van der Waals surface area contributed by atoms with Crippen LogP contribution in [-0.2, 0) is 4.79 Å². The smallest absolute Gasteiger partial charge is 0.257 e. The Kier molecular flexibility index (Phi) is 1.28. The van der Waals surface area contributed by atoms with E-state index in [4.69, 9.17) is 0 Å². The van der Waals surface area contributed by atoms with Gasteiger partial charge in [0.1, 0.15) is 0 Å². The molecule has 2 rings (SSSR count). The lowest BCUT2D eigenvalue weighted by Crippen LogP contribution is -2.19. The molecular formula is C8H8N2O. The van der Waals surface area contributed by atoms with Crippen molar-refractivity contribution in [3.8, 4) is 0 Å². The maximum absolute atomic E-state index is 11.2. The first-order chi connectivity index (χ1) is 5.38. The number of carbonyl (C=O) groups is 1. The topological polar surface area (TPSA) is 41.1 Å². The van der Waals surface area contributed by atoms with Gasteiger partial charge in [0.2, 0.25) is 0 Å². The highest BCUT2D eigenvalue weighted by atomic mass is 16.1. The first kappa shape index (κ1) is 6.22. The Bertz CT molecular complexity index is 286. The molecule has 0 aromatic heterocycles. The molecule has 0 aromatic rings. The zero-order valence-corrected chi connectivity index (χ0v) is 5.92. The van der Waals surface area contributed by atoms with E-state index in [0.29, 0.717) is 0 Å². The monoisotopic (exact) mass is 148 g/mol. The second kappa shape index (κ2) is 2.27. The highest BCUT2D eigenvalue weighted by Crippen LogP contribution is 2.13. The SMILES string of the molecule is O=C1NC=CC=C2NCC=C12. The van der Waals surface area contributed by atoms with E-state index in [-0.39, 0.29) is 5.91 Å². The average Bonchev–Trinajstić information content (AvgIpc) is 2.40. The Morgan fingerprint density at radius 3 is 3.27 bits per heavy atom. The Morgan fingerprint density at radius 1 is 1.45 bits per heavy atom. The number of rotatable bonds is 0. The van der Waals surface area contributed by atoms with E-state index >= 15 is 0 Å². The molecule has 0 saturated carbocycles. The van der Waals surface area contributed by atoms with Crippen molar-refractivity contribution in [2.24, 2.45) is 0 Å². The first-order valence-corrected chi connectivity index (χ1v) is 3.50. The molecule has 0 aliphatic carbocycles. The molecule has 11 heavy (non-hydrogen) atoms. The minimum absolute atomic E-state index is 0.0324. The van der Waals surface area contributed by atoms with Crippen LogP contribution < -0.4 is 10.6 Å². The van der Waals surface area contributed by atoms with Crippen LogP contribution in [0.2, 0.25) is 0 Å². The Labute approximate surface area is 64.5 Å². The number of hydrogen-bond acceptors (Lipinski definition) is 2. The van der Waals surface area contributed by atoms with Gasteiger partial charge in [0.25, 0.3) is 5.91 Å². The van der Waals surface area contributed by atoms with Gasteiger partial charge in [-0.25, -0.2) is 0 Å². The van der Waals surface area contributed by atoms with Crippen molar-refractivity contribution in [1.82, 2.24) is 10.6 Å². The number of hydrogen-bond donors (Lipinski definition) is 2. The lowest BCUT2D eigenvalue weighted by Gasteiger charge is -2.00. The maximum Gasteiger partial charge on any atom is 0.257 e. The van der Waals surface area contributed by atoms with E-state index in [1.807, 2.05) is 18.2 Å². The van der Waals surface area contributed by atoms with Gasteiger partial charge in [-0.3, -0.25) is 4.79 Å². The predicted octanol–water partition coefficient (Wildman–Crippen LogP) is 0.0434. The third-order valence-corrected chi connectivity index (χ3v) is 1.71. The number of nitrogens with one attached hydrogen (secondary N) is 2. The van der Waals surface area contributed by atoms with Crippen molar-refractivity contribution in [3.05, 3.63) is 35.7 Å². The van der Waals surface area contributed by atoms with Crippen LogP contribution in [0.1, 0.15) is 0 Å². The third-order valence-electron chi connectivity index (χ3n) is 1.71. The second-order valence-corrected chi connectivity index (χ2v) is 2.41. The molecule has 0 saturated heterocycles. The van der Waals surface area contributed by atoms with Crippen molar-refractivity contribution in [1.29, 1.82) is 0 Å². The van der Waals surface area contributed by atoms with Gasteiger partial charge in [-0.05, 0) is 12.2 Å². The summed E-state index contributed by atoms with van der Waals surface area (Å²) >= 11 is 0. The van der Waals surface area contributed by atoms with Gasteiger partial charge in [0, 0.05) is 18.4 Å². The van der Waals surface area contributed by atoms with Crippen LogP contribution in [-0.4, -0.2) is 12.5 Å². The Balaban J connectivity index is 2.41. The fourth-order valence-electron chi connectivity index (χ4n) is 1.18. The molecule has 2 heterocycles. The molecule has 2 aliphatic heterocycles. The Morgan fingerprint density at radius 2 is 2.36 bits per heavy atom. The quantitative estimate of drug-likeness (QED) is 0.509. The molecule has 1 amide bonds. The van der Waals surface area contributed by atoms with Crippen LogP contribution in [0.25, 0.3) is 0 Å². The minimum atomic E-state index is -0.0324. The fraction of sp³-hybridized carbons (Fsp3) is 0.125. The summed E-state index contributed by atoms with van der Waals surface area (Å²) < 4.78 is 0. The van der Waals surface area contributed by atoms with Crippen LogP contribution in [0.5, 0.6) is 0 Å². The summed E-state index contributed by atoms with van der Waals surface area (Å²) in [6.45, 7) is 0.752. The van der Waals surface area contributed by atoms with E-state index in [9.17, 15) is 4.79 Å². The lowest BCUT2D eigenvalue weighted by molar-refractivity contribution is -0.116. The summed E-state index contributed by atoms with van der Waals surface area (Å²) in [5, 5.41) is 5.72. The van der Waals surface area contributed by atoms with Crippen molar-refractivity contribution < 1.29 is 4.79 Å². The van der Waals surface area contributed by atoms with E-state index in [1.54, 1.807) is 6.20 Å². The standard InChI is InChI=1S/C8H8N2O/c11-8-6-3-5-9-7(6)2-1-4-10-8/h1-4,9H,5H2,(H,10,11). The lowest BCUT2D eigenvalue weighted by atomic mass is 10.2. The molecule has 0 bridgehead atoms. The van der Waals surface area contributed by atoms with Crippen LogP contribution in [0.3, 0.4) is 0 Å². The van der Waals surface area contributed by atoms with Gasteiger partial charge in [-0.2, -0.15) is 0 Å². The third kappa shape index (κ3) is 0.941. The summed E-state index contributed by atoms with van der Waals surface area (Å²) in [7, 11) is 0. The van der Waals surface area contributed by atoms with Gasteiger partial charge in [0.05, 0.1) is 5.57 Å². The molecule has 0 radical (unpaired) electrons. The highest BCUT2D eigenvalue weighted by molar-refractivity contribution is 5.99. The summed E-state index contributed by atoms with van der Waals surface area (Å²) in [6.07, 6.45) is 7.22. The van der Waals surface area contributed by atoms with E-state index in [1.165, 1.54) is 0 Å². The average molecular weight is 148 g/mol. The molecule has 2 N–H and O–H groups in total. The molecule has 0 fully saturated rings. The van der Waals surface area contributed by atoms with Gasteiger partial charge >= 0.3 is 0 Å². The van der Waals surface area contributed by atoms with Crippen LogP contribution >= 0.6 is 0 Å². The Hall–Kier alpha value is -1.51. The highest BCUT2D eigenvalue weighted by Gasteiger charge is 2.17. The van der Waals surface area contributed by atoms with Gasteiger partial charge in [0.15, 0.2) is 0 Å². The minimum Gasteiger partial charge on any atom is -0.381 e. The zero-order valence-electron chi connectivity index (χ0n) is 5.92. The summed E-state index contributed by atoms with van der Waals surface area (Å²) in [4.78, 5) is 11.2. The van der Waals surface area contributed by atoms with Gasteiger partial charge in [-0.1, -0.05) is 6.08 Å². The summed E-state index contributed by atoms with van der Waals surface area (Å²) in [5.74, 6) is -0.0324. The van der Waals surface area contributed by atoms with Crippen molar-refractivity contribution in [2.45, 2.75) is 0 Å². The first-order valence-electron chi connectivity index (χ1n) is 3.50. The molecule has 0 spiro atoms. The van der Waals surface area contributed by atoms with E-state index in [0.717, 1.165) is 17.8 Å². The van der Waals surface area contributed by atoms with Crippen LogP contribution in [0, 0.1) is 0 Å². The maximum atomic E-state index is 11.2. The van der Waals surface area contributed by atoms with Crippen molar-refractivity contribution >= 4 is 5.91 Å². The largest absolute Gasteiger partial charge is 0.381 e. The molecule has 0 unspecified atom stereocenters. The fourth-order valence-corrected chi connectivity index (χ4v) is 1.18. The molecule has 0 aromatic carbocycles. The number of allylic oxidation sites excluding steroid dienone is 2. The number of carbonyl (C=O) groups excluding carboxylic acids is 1. The molecule has 3 heteroatoms. The van der Waals surface area contributed by atoms with Gasteiger partial charge < -0.3 is 10.6 Å². The zero-order chi connectivity index (χ0) is 7.68. The normalized spacial score (nSPS) is 20.9. The van der Waals surface area contributed by atoms with Crippen molar-refractivity contribution in [3.63, 3.8) is 0 Å². The summed E-state index contributed by atoms with van der Waals surface area (Å²) in [6, 6.07) is 0. The van der Waals surface area contributed by atoms with E-state index < -0.39 is 0 Å². The molecule has 0 atom stereocenters. The number of amides is 1. The molecular weight excluding hydrogens is 140 g/mol. The number of fused-ring (bicyclic) bond motifs is 1. The molecule has 3 nitrogen and oxygen atoms in total. The van der Waals surface area contributed by atoms with Gasteiger partial charge in [-0.15, -0.1) is 0 Å². The second-order valence-electron chi connectivity index (χ2n) is 2.41. The van der Waals surface area contributed by atoms with Crippen molar-refractivity contribution in [2.75, 3.05) is 6.54 Å².